The molecule has 25 heavy (non-hydrogen) atoms. The number of nitrogens with zero attached hydrogens (tertiary/aromatic N) is 2. The van der Waals surface area contributed by atoms with Crippen molar-refractivity contribution in [2.45, 2.75) is 44.2 Å². The Kier molecular flexibility index (Phi) is 5.31. The molecule has 0 aromatic carbocycles. The van der Waals surface area contributed by atoms with Crippen LogP contribution >= 0.6 is 11.3 Å². The van der Waals surface area contributed by atoms with Crippen LogP contribution in [-0.4, -0.2) is 62.3 Å². The number of aromatic nitrogens is 1. The topological polar surface area (TPSA) is 85.4 Å². The Morgan fingerprint density at radius 3 is 2.72 bits per heavy atom. The van der Waals surface area contributed by atoms with Gasteiger partial charge in [-0.2, -0.15) is 0 Å². The molecule has 1 aromatic heterocycles. The van der Waals surface area contributed by atoms with Crippen molar-refractivity contribution in [3.8, 4) is 0 Å². The molecule has 1 N–H and O–H groups in total. The Balaban J connectivity index is 1.62. The quantitative estimate of drug-likeness (QED) is 0.794. The van der Waals surface area contributed by atoms with Crippen molar-refractivity contribution in [2.24, 2.45) is 0 Å². The summed E-state index contributed by atoms with van der Waals surface area (Å²) in [6.07, 6.45) is 0.936. The number of hydrogen-bond acceptors (Lipinski definition) is 5. The second-order valence-electron chi connectivity index (χ2n) is 6.48. The second kappa shape index (κ2) is 7.16. The molecule has 2 amide bonds. The number of amides is 2. The Morgan fingerprint density at radius 2 is 2.12 bits per heavy atom. The highest BCUT2D eigenvalue weighted by Crippen LogP contribution is 2.32. The first kappa shape index (κ1) is 18.5. The van der Waals surface area contributed by atoms with Gasteiger partial charge in [-0.15, -0.1) is 11.3 Å². The van der Waals surface area contributed by atoms with Gasteiger partial charge in [-0.25, -0.2) is 13.8 Å². The largest absolute Gasteiger partial charge is 0.616 e. The van der Waals surface area contributed by atoms with E-state index in [1.165, 1.54) is 5.38 Å². The van der Waals surface area contributed by atoms with Crippen molar-refractivity contribution in [2.75, 3.05) is 18.1 Å². The number of alkyl halides is 2. The summed E-state index contributed by atoms with van der Waals surface area (Å²) in [7, 11) is 0. The minimum absolute atomic E-state index is 0.0180. The summed E-state index contributed by atoms with van der Waals surface area (Å²) in [5, 5.41) is 4.39. The summed E-state index contributed by atoms with van der Waals surface area (Å²) in [6.45, 7) is 0.955. The predicted octanol–water partition coefficient (Wildman–Crippen LogP) is 1.65. The number of thiazole rings is 1. The van der Waals surface area contributed by atoms with Crippen molar-refractivity contribution >= 4 is 34.3 Å². The summed E-state index contributed by atoms with van der Waals surface area (Å²) in [5.41, 5.74) is 0.0180. The molecule has 1 aromatic rings. The molecule has 0 bridgehead atoms. The number of rotatable bonds is 3. The van der Waals surface area contributed by atoms with Crippen LogP contribution in [0.25, 0.3) is 0 Å². The van der Waals surface area contributed by atoms with Gasteiger partial charge in [0.25, 0.3) is 17.7 Å². The van der Waals surface area contributed by atoms with Crippen molar-refractivity contribution in [1.82, 2.24) is 15.2 Å². The van der Waals surface area contributed by atoms with Crippen LogP contribution < -0.4 is 5.32 Å². The van der Waals surface area contributed by atoms with E-state index < -0.39 is 35.6 Å². The molecule has 3 heterocycles. The van der Waals surface area contributed by atoms with Crippen LogP contribution in [0.4, 0.5) is 8.78 Å². The van der Waals surface area contributed by atoms with Crippen LogP contribution in [0.3, 0.4) is 0 Å². The zero-order chi connectivity index (χ0) is 18.2. The van der Waals surface area contributed by atoms with Gasteiger partial charge in [-0.05, 0) is 6.92 Å². The predicted molar refractivity (Wildman–Crippen MR) is 90.5 cm³/mol. The Bertz CT molecular complexity index is 662. The molecule has 2 saturated heterocycles. The molecule has 2 aliphatic rings. The number of likely N-dealkylation sites (tertiary alicyclic amines) is 1. The number of halogens is 2. The SMILES string of the molecule is CC1CC(F)(F)CN1C(=O)c1csc(C(=O)NC2CC[S+]([O-])CC2)n1. The van der Waals surface area contributed by atoms with E-state index in [0.29, 0.717) is 24.3 Å². The minimum atomic E-state index is -2.88. The average molecular weight is 391 g/mol. The molecule has 0 aliphatic carbocycles. The molecule has 1 atom stereocenters. The van der Waals surface area contributed by atoms with Crippen LogP contribution in [-0.2, 0) is 11.2 Å². The molecule has 2 aliphatic heterocycles. The highest BCUT2D eigenvalue weighted by molar-refractivity contribution is 7.91. The third-order valence-electron chi connectivity index (χ3n) is 4.43. The number of hydrogen-bond donors (Lipinski definition) is 1. The summed E-state index contributed by atoms with van der Waals surface area (Å²) in [4.78, 5) is 29.7. The van der Waals surface area contributed by atoms with Crippen LogP contribution in [0, 0.1) is 0 Å². The minimum Gasteiger partial charge on any atom is -0.616 e. The molecular formula is C15H19F2N3O3S2. The maximum Gasteiger partial charge on any atom is 0.280 e. The lowest BCUT2D eigenvalue weighted by atomic mass is 10.1. The third-order valence-corrected chi connectivity index (χ3v) is 6.65. The van der Waals surface area contributed by atoms with Gasteiger partial charge in [0.15, 0.2) is 5.01 Å². The van der Waals surface area contributed by atoms with Gasteiger partial charge in [0, 0.05) is 36.7 Å². The number of carbonyl (C=O) groups is 2. The van der Waals surface area contributed by atoms with E-state index in [9.17, 15) is 22.9 Å². The fraction of sp³-hybridized carbons (Fsp3) is 0.667. The smallest absolute Gasteiger partial charge is 0.280 e. The summed E-state index contributed by atoms with van der Waals surface area (Å²) < 4.78 is 38.2. The van der Waals surface area contributed by atoms with Gasteiger partial charge in [-0.1, -0.05) is 11.2 Å². The maximum absolute atomic E-state index is 13.4. The standard InChI is InChI=1S/C15H19F2N3O3S2/c1-9-6-15(16,17)8-20(9)14(22)11-7-24-13(19-11)12(21)18-10-2-4-25(23)5-3-10/h7,9-10H,2-6,8H2,1H3,(H,18,21). The molecule has 6 nitrogen and oxygen atoms in total. The molecule has 1 unspecified atom stereocenters. The first-order valence-corrected chi connectivity index (χ1v) is 10.4. The fourth-order valence-electron chi connectivity index (χ4n) is 3.09. The Labute approximate surface area is 151 Å². The van der Waals surface area contributed by atoms with E-state index in [2.05, 4.69) is 10.3 Å². The van der Waals surface area contributed by atoms with Gasteiger partial charge in [0.2, 0.25) is 0 Å². The summed E-state index contributed by atoms with van der Waals surface area (Å²) in [6, 6.07) is -0.616. The average Bonchev–Trinajstić information content (AvgIpc) is 3.13. The van der Waals surface area contributed by atoms with E-state index >= 15 is 0 Å². The second-order valence-corrected chi connectivity index (χ2v) is 9.03. The number of carbonyl (C=O) groups excluding carboxylic acids is 2. The van der Waals surface area contributed by atoms with Gasteiger partial charge in [-0.3, -0.25) is 9.59 Å². The van der Waals surface area contributed by atoms with E-state index in [1.54, 1.807) is 6.92 Å². The highest BCUT2D eigenvalue weighted by atomic mass is 32.2. The Hall–Kier alpha value is -1.26. The van der Waals surface area contributed by atoms with E-state index in [0.717, 1.165) is 16.2 Å². The molecule has 138 valence electrons. The van der Waals surface area contributed by atoms with Gasteiger partial charge >= 0.3 is 0 Å². The lowest BCUT2D eigenvalue weighted by molar-refractivity contribution is 0.0117. The van der Waals surface area contributed by atoms with Crippen molar-refractivity contribution in [3.63, 3.8) is 0 Å². The van der Waals surface area contributed by atoms with E-state index in [1.807, 2.05) is 0 Å². The third kappa shape index (κ3) is 4.29. The lowest BCUT2D eigenvalue weighted by Gasteiger charge is -2.24. The Morgan fingerprint density at radius 1 is 1.44 bits per heavy atom. The van der Waals surface area contributed by atoms with Crippen LogP contribution in [0.1, 0.15) is 46.5 Å². The van der Waals surface area contributed by atoms with Crippen molar-refractivity contribution in [3.05, 3.63) is 16.1 Å². The number of nitrogens with one attached hydrogen (secondary N) is 1. The van der Waals surface area contributed by atoms with E-state index in [4.69, 9.17) is 0 Å². The normalized spacial score (nSPS) is 28.8. The van der Waals surface area contributed by atoms with Crippen LogP contribution in [0.5, 0.6) is 0 Å². The lowest BCUT2D eigenvalue weighted by Crippen LogP contribution is -2.41. The molecule has 0 saturated carbocycles. The molecule has 3 rings (SSSR count). The molecule has 2 fully saturated rings. The molecule has 10 heteroatoms. The summed E-state index contributed by atoms with van der Waals surface area (Å²) >= 11 is 0.207. The van der Waals surface area contributed by atoms with E-state index in [-0.39, 0.29) is 29.1 Å². The van der Waals surface area contributed by atoms with Crippen LogP contribution in [0.15, 0.2) is 5.38 Å². The monoisotopic (exact) mass is 391 g/mol. The van der Waals surface area contributed by atoms with Crippen molar-refractivity contribution < 1.29 is 22.9 Å². The maximum atomic E-state index is 13.4. The zero-order valence-electron chi connectivity index (χ0n) is 13.7. The highest BCUT2D eigenvalue weighted by Gasteiger charge is 2.45. The molecular weight excluding hydrogens is 372 g/mol. The van der Waals surface area contributed by atoms with Gasteiger partial charge in [0.1, 0.15) is 17.2 Å². The van der Waals surface area contributed by atoms with Crippen molar-refractivity contribution in [1.29, 1.82) is 0 Å². The molecule has 0 radical (unpaired) electrons. The van der Waals surface area contributed by atoms with Gasteiger partial charge < -0.3 is 14.8 Å². The first-order valence-electron chi connectivity index (χ1n) is 8.05. The molecule has 0 spiro atoms. The fourth-order valence-corrected chi connectivity index (χ4v) is 5.09. The van der Waals surface area contributed by atoms with Gasteiger partial charge in [0.05, 0.1) is 6.54 Å². The summed E-state index contributed by atoms with van der Waals surface area (Å²) in [5.74, 6) is -2.72. The van der Waals surface area contributed by atoms with Crippen LogP contribution in [0.2, 0.25) is 0 Å². The zero-order valence-corrected chi connectivity index (χ0v) is 15.3. The first-order chi connectivity index (χ1) is 11.7.